The first-order chi connectivity index (χ1) is 9.22. The summed E-state index contributed by atoms with van der Waals surface area (Å²) in [7, 11) is 1.65. The van der Waals surface area contributed by atoms with Crippen molar-refractivity contribution in [2.24, 2.45) is 5.84 Å². The number of hydrogen-bond donors (Lipinski definition) is 2. The lowest BCUT2D eigenvalue weighted by molar-refractivity contribution is 0.414. The Morgan fingerprint density at radius 1 is 1.32 bits per heavy atom. The number of aromatic nitrogens is 1. The molecule has 2 rings (SSSR count). The molecule has 0 saturated carbocycles. The number of nitrogens with zero attached hydrogens (tertiary/aromatic N) is 1. The molecule has 0 bridgehead atoms. The lowest BCUT2D eigenvalue weighted by Gasteiger charge is -2.16. The third-order valence-corrected chi connectivity index (χ3v) is 3.35. The van der Waals surface area contributed by atoms with Gasteiger partial charge in [0.1, 0.15) is 5.75 Å². The van der Waals surface area contributed by atoms with E-state index in [1.807, 2.05) is 36.5 Å². The molecular formula is C14H16BrN3O. The molecule has 0 amide bonds. The number of halogens is 1. The van der Waals surface area contributed by atoms with Crippen molar-refractivity contribution in [3.8, 4) is 5.75 Å². The van der Waals surface area contributed by atoms with Gasteiger partial charge in [0.25, 0.3) is 0 Å². The Morgan fingerprint density at radius 3 is 2.63 bits per heavy atom. The van der Waals surface area contributed by atoms with Gasteiger partial charge in [-0.25, -0.2) is 0 Å². The van der Waals surface area contributed by atoms with E-state index in [0.717, 1.165) is 27.8 Å². The van der Waals surface area contributed by atoms with Crippen molar-refractivity contribution in [1.29, 1.82) is 0 Å². The maximum atomic E-state index is 5.65. The molecule has 1 unspecified atom stereocenters. The first kappa shape index (κ1) is 14.0. The SMILES string of the molecule is COc1ccc(C(Cc2cncc(Br)c2)NN)cc1. The summed E-state index contributed by atoms with van der Waals surface area (Å²) in [6.07, 6.45) is 4.38. The minimum atomic E-state index is 0.0435. The van der Waals surface area contributed by atoms with Gasteiger partial charge in [-0.3, -0.25) is 16.3 Å². The predicted molar refractivity (Wildman–Crippen MR) is 78.7 cm³/mol. The van der Waals surface area contributed by atoms with Crippen molar-refractivity contribution in [3.63, 3.8) is 0 Å². The van der Waals surface area contributed by atoms with Crippen molar-refractivity contribution < 1.29 is 4.74 Å². The Hall–Kier alpha value is -1.43. The molecule has 2 aromatic rings. The van der Waals surface area contributed by atoms with E-state index in [0.29, 0.717) is 0 Å². The quantitative estimate of drug-likeness (QED) is 0.656. The molecule has 4 nitrogen and oxygen atoms in total. The van der Waals surface area contributed by atoms with Gasteiger partial charge < -0.3 is 4.74 Å². The molecule has 1 atom stereocenters. The molecule has 5 heteroatoms. The predicted octanol–water partition coefficient (Wildman–Crippen LogP) is 2.60. The van der Waals surface area contributed by atoms with Crippen LogP contribution in [0.4, 0.5) is 0 Å². The summed E-state index contributed by atoms with van der Waals surface area (Å²) >= 11 is 3.42. The standard InChI is InChI=1S/C14H16BrN3O/c1-19-13-4-2-11(3-5-13)14(18-16)7-10-6-12(15)9-17-8-10/h2-6,8-9,14,18H,7,16H2,1H3. The highest BCUT2D eigenvalue weighted by atomic mass is 79.9. The highest BCUT2D eigenvalue weighted by Gasteiger charge is 2.11. The van der Waals surface area contributed by atoms with Crippen LogP contribution in [0.5, 0.6) is 5.75 Å². The summed E-state index contributed by atoms with van der Waals surface area (Å²) in [6.45, 7) is 0. The van der Waals surface area contributed by atoms with Crippen LogP contribution in [0.2, 0.25) is 0 Å². The summed E-state index contributed by atoms with van der Waals surface area (Å²) in [6, 6.07) is 9.96. The molecule has 100 valence electrons. The second-order valence-corrected chi connectivity index (χ2v) is 5.12. The number of hydrogen-bond acceptors (Lipinski definition) is 4. The number of rotatable bonds is 5. The van der Waals surface area contributed by atoms with E-state index in [2.05, 4.69) is 26.3 Å². The Kier molecular flexibility index (Phi) is 4.90. The van der Waals surface area contributed by atoms with Crippen LogP contribution in [-0.2, 0) is 6.42 Å². The van der Waals surface area contributed by atoms with Crippen LogP contribution in [0.15, 0.2) is 47.2 Å². The van der Waals surface area contributed by atoms with Crippen LogP contribution in [0, 0.1) is 0 Å². The van der Waals surface area contributed by atoms with Crippen molar-refractivity contribution in [2.45, 2.75) is 12.5 Å². The average Bonchev–Trinajstić information content (AvgIpc) is 2.45. The molecule has 1 aromatic carbocycles. The first-order valence-corrected chi connectivity index (χ1v) is 6.71. The molecular weight excluding hydrogens is 306 g/mol. The Morgan fingerprint density at radius 2 is 2.05 bits per heavy atom. The van der Waals surface area contributed by atoms with Gasteiger partial charge in [-0.1, -0.05) is 12.1 Å². The molecule has 0 radical (unpaired) electrons. The second-order valence-electron chi connectivity index (χ2n) is 4.21. The van der Waals surface area contributed by atoms with Crippen LogP contribution < -0.4 is 16.0 Å². The van der Waals surface area contributed by atoms with Gasteiger partial charge in [-0.2, -0.15) is 0 Å². The normalized spacial score (nSPS) is 12.2. The van der Waals surface area contributed by atoms with Gasteiger partial charge in [0.15, 0.2) is 0 Å². The third-order valence-electron chi connectivity index (χ3n) is 2.92. The van der Waals surface area contributed by atoms with Crippen LogP contribution in [0.25, 0.3) is 0 Å². The molecule has 0 spiro atoms. The van der Waals surface area contributed by atoms with Crippen LogP contribution in [0.3, 0.4) is 0 Å². The van der Waals surface area contributed by atoms with Crippen LogP contribution in [-0.4, -0.2) is 12.1 Å². The first-order valence-electron chi connectivity index (χ1n) is 5.92. The number of benzene rings is 1. The molecule has 1 aromatic heterocycles. The molecule has 0 aliphatic carbocycles. The van der Waals surface area contributed by atoms with Gasteiger partial charge in [-0.15, -0.1) is 0 Å². The van der Waals surface area contributed by atoms with E-state index in [-0.39, 0.29) is 6.04 Å². The monoisotopic (exact) mass is 321 g/mol. The number of pyridine rings is 1. The van der Waals surface area contributed by atoms with Crippen molar-refractivity contribution in [2.75, 3.05) is 7.11 Å². The average molecular weight is 322 g/mol. The number of nitrogens with one attached hydrogen (secondary N) is 1. The summed E-state index contributed by atoms with van der Waals surface area (Å²) in [5.74, 6) is 6.48. The van der Waals surface area contributed by atoms with E-state index in [1.165, 1.54) is 0 Å². The highest BCUT2D eigenvalue weighted by Crippen LogP contribution is 2.21. The lowest BCUT2D eigenvalue weighted by Crippen LogP contribution is -2.29. The van der Waals surface area contributed by atoms with Crippen LogP contribution in [0.1, 0.15) is 17.2 Å². The maximum absolute atomic E-state index is 5.65. The van der Waals surface area contributed by atoms with Crippen molar-refractivity contribution >= 4 is 15.9 Å². The molecule has 1 heterocycles. The number of methoxy groups -OCH3 is 1. The maximum Gasteiger partial charge on any atom is 0.118 e. The van der Waals surface area contributed by atoms with E-state index in [4.69, 9.17) is 10.6 Å². The Labute approximate surface area is 121 Å². The number of hydrazine groups is 1. The lowest BCUT2D eigenvalue weighted by atomic mass is 10.0. The fourth-order valence-electron chi connectivity index (χ4n) is 1.91. The van der Waals surface area contributed by atoms with Gasteiger partial charge in [0.2, 0.25) is 0 Å². The Balaban J connectivity index is 2.15. The van der Waals surface area contributed by atoms with E-state index < -0.39 is 0 Å². The molecule has 0 aliphatic rings. The van der Waals surface area contributed by atoms with Gasteiger partial charge >= 0.3 is 0 Å². The van der Waals surface area contributed by atoms with Gasteiger partial charge in [0.05, 0.1) is 13.2 Å². The van der Waals surface area contributed by atoms with Crippen LogP contribution >= 0.6 is 15.9 Å². The molecule has 19 heavy (non-hydrogen) atoms. The van der Waals surface area contributed by atoms with Crippen molar-refractivity contribution in [3.05, 3.63) is 58.3 Å². The fourth-order valence-corrected chi connectivity index (χ4v) is 2.32. The largest absolute Gasteiger partial charge is 0.497 e. The topological polar surface area (TPSA) is 60.2 Å². The summed E-state index contributed by atoms with van der Waals surface area (Å²) in [4.78, 5) is 4.16. The number of ether oxygens (including phenoxy) is 1. The Bertz CT molecular complexity index is 530. The number of nitrogens with two attached hydrogens (primary N) is 1. The highest BCUT2D eigenvalue weighted by molar-refractivity contribution is 9.10. The minimum Gasteiger partial charge on any atom is -0.497 e. The molecule has 3 N–H and O–H groups in total. The molecule has 0 fully saturated rings. The van der Waals surface area contributed by atoms with Gasteiger partial charge in [-0.05, 0) is 51.7 Å². The second kappa shape index (κ2) is 6.65. The molecule has 0 saturated heterocycles. The summed E-state index contributed by atoms with van der Waals surface area (Å²) < 4.78 is 6.12. The van der Waals surface area contributed by atoms with E-state index >= 15 is 0 Å². The van der Waals surface area contributed by atoms with Crippen molar-refractivity contribution in [1.82, 2.24) is 10.4 Å². The molecule has 0 aliphatic heterocycles. The van der Waals surface area contributed by atoms with E-state index in [9.17, 15) is 0 Å². The smallest absolute Gasteiger partial charge is 0.118 e. The minimum absolute atomic E-state index is 0.0435. The fraction of sp³-hybridized carbons (Fsp3) is 0.214. The van der Waals surface area contributed by atoms with Gasteiger partial charge in [0, 0.05) is 16.9 Å². The van der Waals surface area contributed by atoms with E-state index in [1.54, 1.807) is 13.3 Å². The zero-order valence-corrected chi connectivity index (χ0v) is 12.2. The summed E-state index contributed by atoms with van der Waals surface area (Å²) in [5, 5.41) is 0. The summed E-state index contributed by atoms with van der Waals surface area (Å²) in [5.41, 5.74) is 5.07. The zero-order valence-electron chi connectivity index (χ0n) is 10.6. The zero-order chi connectivity index (χ0) is 13.7. The third kappa shape index (κ3) is 3.76.